The zero-order valence-electron chi connectivity index (χ0n) is 20.5. The number of aromatic hydroxyl groups is 2. The molecule has 1 aliphatic carbocycles. The number of para-hydroxylation sites is 2. The fourth-order valence-corrected chi connectivity index (χ4v) is 5.27. The van der Waals surface area contributed by atoms with Gasteiger partial charge in [0, 0.05) is 47.4 Å². The van der Waals surface area contributed by atoms with E-state index in [-0.39, 0.29) is 0 Å². The first-order chi connectivity index (χ1) is 17.7. The first-order valence-corrected chi connectivity index (χ1v) is 12.9. The van der Waals surface area contributed by atoms with Crippen LogP contribution in [0, 0.1) is 0 Å². The van der Waals surface area contributed by atoms with Crippen molar-refractivity contribution in [3.05, 3.63) is 108 Å². The number of hydrogen-bond donors (Lipinski definition) is 4. The van der Waals surface area contributed by atoms with Gasteiger partial charge < -0.3 is 20.8 Å². The summed E-state index contributed by atoms with van der Waals surface area (Å²) in [6, 6.07) is 32.6. The largest absolute Gasteiger partial charge is 0.507 e. The van der Waals surface area contributed by atoms with Crippen LogP contribution in [0.4, 0.5) is 0 Å². The van der Waals surface area contributed by atoms with E-state index < -0.39 is 0 Å². The van der Waals surface area contributed by atoms with E-state index in [1.54, 1.807) is 0 Å². The molecule has 1 saturated carbocycles. The predicted octanol–water partition coefficient (Wildman–Crippen LogP) is 6.62. The Bertz CT molecular complexity index is 1170. The lowest BCUT2D eigenvalue weighted by atomic mass is 9.89. The molecule has 0 radical (unpaired) electrons. The highest BCUT2D eigenvalue weighted by Crippen LogP contribution is 2.33. The molecule has 4 aromatic rings. The third kappa shape index (κ3) is 5.46. The van der Waals surface area contributed by atoms with Crippen LogP contribution >= 0.6 is 0 Å². The van der Waals surface area contributed by atoms with Gasteiger partial charge in [0.1, 0.15) is 11.5 Å². The smallest absolute Gasteiger partial charge is 0.127 e. The minimum absolute atomic E-state index is 0.304. The highest BCUT2D eigenvalue weighted by atomic mass is 16.3. The highest BCUT2D eigenvalue weighted by Gasteiger charge is 2.25. The maximum atomic E-state index is 11.0. The Labute approximate surface area is 213 Å². The Morgan fingerprint density at radius 1 is 0.528 bits per heavy atom. The monoisotopic (exact) mass is 478 g/mol. The molecule has 4 nitrogen and oxygen atoms in total. The van der Waals surface area contributed by atoms with Gasteiger partial charge in [-0.05, 0) is 24.0 Å². The van der Waals surface area contributed by atoms with Gasteiger partial charge in [-0.1, -0.05) is 110 Å². The molecule has 5 rings (SSSR count). The molecule has 0 saturated heterocycles. The summed E-state index contributed by atoms with van der Waals surface area (Å²) in [5.41, 5.74) is 5.59. The van der Waals surface area contributed by atoms with Gasteiger partial charge in [-0.3, -0.25) is 0 Å². The second-order valence-corrected chi connectivity index (χ2v) is 9.62. The molecule has 184 valence electrons. The number of rotatable bonds is 8. The average molecular weight is 479 g/mol. The molecule has 2 atom stereocenters. The Balaban J connectivity index is 1.25. The number of nitrogens with one attached hydrogen (secondary N) is 2. The fourth-order valence-electron chi connectivity index (χ4n) is 5.27. The molecule has 0 spiro atoms. The van der Waals surface area contributed by atoms with Crippen molar-refractivity contribution in [2.75, 3.05) is 0 Å². The normalized spacial score (nSPS) is 17.7. The van der Waals surface area contributed by atoms with Gasteiger partial charge in [-0.15, -0.1) is 0 Å². The minimum atomic E-state index is 0.304. The molecule has 0 bridgehead atoms. The van der Waals surface area contributed by atoms with E-state index in [1.165, 1.54) is 12.8 Å². The summed E-state index contributed by atoms with van der Waals surface area (Å²) < 4.78 is 0. The molecule has 4 N–H and O–H groups in total. The summed E-state index contributed by atoms with van der Waals surface area (Å²) in [6.07, 6.45) is 4.57. The molecule has 0 heterocycles. The summed E-state index contributed by atoms with van der Waals surface area (Å²) in [6.45, 7) is 1.23. The SMILES string of the molecule is Oc1c(CN[C@H]2CCCC[C@@H]2NCc2cccc(-c3ccccc3)c2O)cccc1-c1ccccc1. The van der Waals surface area contributed by atoms with Gasteiger partial charge in [0.05, 0.1) is 0 Å². The molecule has 0 aromatic heterocycles. The second-order valence-electron chi connectivity index (χ2n) is 9.62. The Hall–Kier alpha value is -3.60. The van der Waals surface area contributed by atoms with Crippen LogP contribution in [0.15, 0.2) is 97.1 Å². The van der Waals surface area contributed by atoms with Crippen LogP contribution in [-0.4, -0.2) is 22.3 Å². The molecule has 0 aliphatic heterocycles. The summed E-state index contributed by atoms with van der Waals surface area (Å²) in [5, 5.41) is 29.3. The number of phenols is 2. The molecule has 1 aliphatic rings. The highest BCUT2D eigenvalue weighted by molar-refractivity contribution is 5.72. The van der Waals surface area contributed by atoms with Crippen molar-refractivity contribution in [1.29, 1.82) is 0 Å². The van der Waals surface area contributed by atoms with E-state index in [2.05, 4.69) is 10.6 Å². The molecular weight excluding hydrogens is 444 g/mol. The van der Waals surface area contributed by atoms with E-state index in [0.29, 0.717) is 36.7 Å². The average Bonchev–Trinajstić information content (AvgIpc) is 2.93. The first kappa shape index (κ1) is 24.1. The third-order valence-corrected chi connectivity index (χ3v) is 7.28. The van der Waals surface area contributed by atoms with Gasteiger partial charge >= 0.3 is 0 Å². The first-order valence-electron chi connectivity index (χ1n) is 12.9. The van der Waals surface area contributed by atoms with Crippen LogP contribution in [0.5, 0.6) is 11.5 Å². The molecule has 4 aromatic carbocycles. The zero-order valence-corrected chi connectivity index (χ0v) is 20.5. The number of hydrogen-bond acceptors (Lipinski definition) is 4. The summed E-state index contributed by atoms with van der Waals surface area (Å²) >= 11 is 0. The molecule has 0 unspecified atom stereocenters. The maximum Gasteiger partial charge on any atom is 0.127 e. The van der Waals surface area contributed by atoms with Crippen molar-refractivity contribution in [2.24, 2.45) is 0 Å². The predicted molar refractivity (Wildman–Crippen MR) is 147 cm³/mol. The van der Waals surface area contributed by atoms with E-state index in [9.17, 15) is 10.2 Å². The minimum Gasteiger partial charge on any atom is -0.507 e. The van der Waals surface area contributed by atoms with Crippen LogP contribution in [0.2, 0.25) is 0 Å². The van der Waals surface area contributed by atoms with Crippen molar-refractivity contribution < 1.29 is 10.2 Å². The Morgan fingerprint density at radius 3 is 1.36 bits per heavy atom. The van der Waals surface area contributed by atoms with Gasteiger partial charge in [-0.2, -0.15) is 0 Å². The van der Waals surface area contributed by atoms with Crippen LogP contribution in [0.1, 0.15) is 36.8 Å². The van der Waals surface area contributed by atoms with Gasteiger partial charge in [0.2, 0.25) is 0 Å². The van der Waals surface area contributed by atoms with Gasteiger partial charge in [0.15, 0.2) is 0 Å². The molecular formula is C32H34N2O2. The molecule has 1 fully saturated rings. The van der Waals surface area contributed by atoms with E-state index in [0.717, 1.165) is 46.2 Å². The van der Waals surface area contributed by atoms with Crippen LogP contribution < -0.4 is 10.6 Å². The fraction of sp³-hybridized carbons (Fsp3) is 0.250. The number of phenolic OH excluding ortho intramolecular Hbond substituents is 2. The number of benzene rings is 4. The van der Waals surface area contributed by atoms with Crippen LogP contribution in [0.25, 0.3) is 22.3 Å². The zero-order chi connectivity index (χ0) is 24.7. The summed E-state index contributed by atoms with van der Waals surface area (Å²) in [5.74, 6) is 0.693. The standard InChI is InChI=1S/C32H34N2O2/c35-31-25(15-9-17-27(31)23-11-3-1-4-12-23)21-33-29-19-7-8-20-30(29)34-22-26-16-10-18-28(32(26)36)24-13-5-2-6-14-24/h1-6,9-18,29-30,33-36H,7-8,19-22H2/t29-,30-/m0/s1. The quantitative estimate of drug-likeness (QED) is 0.230. The van der Waals surface area contributed by atoms with Crippen molar-refractivity contribution in [3.8, 4) is 33.8 Å². The Kier molecular flexibility index (Phi) is 7.65. The van der Waals surface area contributed by atoms with Crippen LogP contribution in [-0.2, 0) is 13.1 Å². The summed E-state index contributed by atoms with van der Waals surface area (Å²) in [7, 11) is 0. The molecule has 0 amide bonds. The lowest BCUT2D eigenvalue weighted by Crippen LogP contribution is -2.49. The van der Waals surface area contributed by atoms with Crippen LogP contribution in [0.3, 0.4) is 0 Å². The van der Waals surface area contributed by atoms with Gasteiger partial charge in [0.25, 0.3) is 0 Å². The molecule has 4 heteroatoms. The summed E-state index contributed by atoms with van der Waals surface area (Å²) in [4.78, 5) is 0. The van der Waals surface area contributed by atoms with E-state index >= 15 is 0 Å². The van der Waals surface area contributed by atoms with Crippen molar-refractivity contribution >= 4 is 0 Å². The van der Waals surface area contributed by atoms with Crippen molar-refractivity contribution in [2.45, 2.75) is 50.9 Å². The van der Waals surface area contributed by atoms with Crippen molar-refractivity contribution in [1.82, 2.24) is 10.6 Å². The van der Waals surface area contributed by atoms with E-state index in [1.807, 2.05) is 97.1 Å². The third-order valence-electron chi connectivity index (χ3n) is 7.28. The van der Waals surface area contributed by atoms with Gasteiger partial charge in [-0.25, -0.2) is 0 Å². The molecule has 36 heavy (non-hydrogen) atoms. The van der Waals surface area contributed by atoms with Crippen molar-refractivity contribution in [3.63, 3.8) is 0 Å². The Morgan fingerprint density at radius 2 is 0.944 bits per heavy atom. The lowest BCUT2D eigenvalue weighted by Gasteiger charge is -2.33. The maximum absolute atomic E-state index is 11.0. The topological polar surface area (TPSA) is 64.5 Å². The second kappa shape index (κ2) is 11.4. The lowest BCUT2D eigenvalue weighted by molar-refractivity contribution is 0.279. The van der Waals surface area contributed by atoms with E-state index in [4.69, 9.17) is 0 Å².